The Balaban J connectivity index is 0.522. The average molecular weight is 1830 g/mol. The minimum Gasteiger partial charge on any atom is -0.491 e. The molecule has 4 aromatic carbocycles. The largest absolute Gasteiger partial charge is 0.491 e. The summed E-state index contributed by atoms with van der Waals surface area (Å²) in [6.07, 6.45) is 7.26. The molecule has 0 radical (unpaired) electrons. The second-order valence-electron chi connectivity index (χ2n) is 32.6. The highest BCUT2D eigenvalue weighted by Crippen LogP contribution is 2.29. The monoisotopic (exact) mass is 1830 g/mol. The summed E-state index contributed by atoms with van der Waals surface area (Å²) in [6, 6.07) is 28.5. The molecular formula is C84H110N28O20. The van der Waals surface area contributed by atoms with Crippen LogP contribution in [0.2, 0.25) is 0 Å². The van der Waals surface area contributed by atoms with Gasteiger partial charge in [0.1, 0.15) is 96.0 Å². The van der Waals surface area contributed by atoms with Crippen molar-refractivity contribution >= 4 is 0 Å². The van der Waals surface area contributed by atoms with Gasteiger partial charge in [-0.1, -0.05) is 41.7 Å². The summed E-state index contributed by atoms with van der Waals surface area (Å²) >= 11 is 0. The average Bonchev–Trinajstić information content (AvgIpc) is 1.14. The third-order valence-corrected chi connectivity index (χ3v) is 22.5. The molecule has 0 aliphatic carbocycles. The van der Waals surface area contributed by atoms with Crippen LogP contribution in [-0.2, 0) is 117 Å². The van der Waals surface area contributed by atoms with Gasteiger partial charge in [-0.2, -0.15) is 0 Å². The lowest BCUT2D eigenvalue weighted by molar-refractivity contribution is -0.118. The summed E-state index contributed by atoms with van der Waals surface area (Å²) < 4.78 is 87.3. The van der Waals surface area contributed by atoms with Crippen molar-refractivity contribution < 1.29 is 97.7 Å². The number of β-amino-alcohol motifs (C(OH)–C–C–N with tert-alkyl or cyclic N) is 4. The van der Waals surface area contributed by atoms with Gasteiger partial charge in [0.2, 0.25) is 0 Å². The molecule has 4 aliphatic rings. The van der Waals surface area contributed by atoms with Gasteiger partial charge >= 0.3 is 0 Å². The first-order valence-corrected chi connectivity index (χ1v) is 43.7. The minimum atomic E-state index is -1.02. The lowest BCUT2D eigenvalue weighted by atomic mass is 9.92. The van der Waals surface area contributed by atoms with Crippen LogP contribution in [0.1, 0.15) is 22.8 Å². The predicted octanol–water partition coefficient (Wildman–Crippen LogP) is -2.65. The lowest BCUT2D eigenvalue weighted by Crippen LogP contribution is -2.41. The van der Waals surface area contributed by atoms with Gasteiger partial charge in [0.15, 0.2) is 0 Å². The third-order valence-electron chi connectivity index (χ3n) is 22.5. The number of benzene rings is 4. The Labute approximate surface area is 755 Å². The SMILES string of the molecule is O[C@@H]1[C@H](O)CN[C@@H]1Cn1cc(-c2ccc(OCCOCCn3cc(COCC(COCc4cn(CCOCCOc5ccc(-c6cn(C[C@H]7NC[C@@H](O)[C@H]7O)nn6)cc5)nn4)(COCc4cn(COCCOc5ccc(-c6cn(C[C@H]7NC[C@@H](O)[C@H]7O)nn6)cc5)nn4)COCc4cnnn4CCOCCOc4ccc(-c5cn(C[C@H]6NC[C@@H](O)[C@H]6O)nn5)cc4)nn3)cc2)nn1. The molecule has 4 fully saturated rings. The number of ether oxygens (including phenoxy) is 12. The van der Waals surface area contributed by atoms with Gasteiger partial charge in [-0.15, -0.1) is 40.8 Å². The maximum absolute atomic E-state index is 10.3. The fraction of sp³-hybridized carbons (Fsp3) is 0.524. The number of hydrogen-bond acceptors (Lipinski definition) is 40. The molecule has 4 aliphatic heterocycles. The zero-order chi connectivity index (χ0) is 90.8. The van der Waals surface area contributed by atoms with Gasteiger partial charge in [0.05, 0.1) is 279 Å². The first kappa shape index (κ1) is 93.6. The number of hydrogen-bond donors (Lipinski definition) is 12. The van der Waals surface area contributed by atoms with Crippen LogP contribution in [0.3, 0.4) is 0 Å². The highest BCUT2D eigenvalue weighted by molar-refractivity contribution is 5.61. The van der Waals surface area contributed by atoms with Crippen molar-refractivity contribution in [3.05, 3.63) is 169 Å². The molecule has 48 nitrogen and oxygen atoms in total. The molecule has 132 heavy (non-hydrogen) atoms. The van der Waals surface area contributed by atoms with E-state index >= 15 is 0 Å². The van der Waals surface area contributed by atoms with Crippen molar-refractivity contribution in [2.24, 2.45) is 5.41 Å². The van der Waals surface area contributed by atoms with Crippen molar-refractivity contribution in [2.45, 2.75) is 152 Å². The van der Waals surface area contributed by atoms with Gasteiger partial charge in [-0.25, -0.2) is 18.7 Å². The molecule has 0 spiro atoms. The molecule has 0 unspecified atom stereocenters. The molecule has 12 heterocycles. The summed E-state index contributed by atoms with van der Waals surface area (Å²) in [7, 11) is 0. The third kappa shape index (κ3) is 26.4. The Kier molecular flexibility index (Phi) is 33.1. The number of aromatic nitrogens is 24. The van der Waals surface area contributed by atoms with Crippen LogP contribution in [0.4, 0.5) is 0 Å². The molecule has 8 aromatic heterocycles. The Morgan fingerprint density at radius 2 is 0.591 bits per heavy atom. The molecule has 12 N–H and O–H groups in total. The van der Waals surface area contributed by atoms with E-state index < -0.39 is 54.2 Å². The van der Waals surface area contributed by atoms with Gasteiger partial charge < -0.3 is 119 Å². The van der Waals surface area contributed by atoms with Crippen LogP contribution in [0, 0.1) is 5.41 Å². The molecule has 4 saturated heterocycles. The van der Waals surface area contributed by atoms with E-state index in [9.17, 15) is 40.9 Å². The van der Waals surface area contributed by atoms with Crippen molar-refractivity contribution in [1.29, 1.82) is 0 Å². The van der Waals surface area contributed by atoms with E-state index in [1.165, 1.54) is 0 Å². The maximum atomic E-state index is 10.3. The second-order valence-corrected chi connectivity index (χ2v) is 32.6. The van der Waals surface area contributed by atoms with Gasteiger partial charge in [0, 0.05) is 48.4 Å². The smallest absolute Gasteiger partial charge is 0.141 e. The molecule has 12 aromatic rings. The zero-order valence-corrected chi connectivity index (χ0v) is 72.4. The van der Waals surface area contributed by atoms with Gasteiger partial charge in [-0.05, 0) is 97.1 Å². The summed E-state index contributed by atoms with van der Waals surface area (Å²) in [4.78, 5) is 0. The van der Waals surface area contributed by atoms with E-state index in [0.717, 1.165) is 22.3 Å². The molecule has 706 valence electrons. The molecule has 0 amide bonds. The van der Waals surface area contributed by atoms with Gasteiger partial charge in [0.25, 0.3) is 0 Å². The van der Waals surface area contributed by atoms with E-state index in [4.69, 9.17) is 56.8 Å². The zero-order valence-electron chi connectivity index (χ0n) is 72.4. The first-order chi connectivity index (χ1) is 64.6. The highest BCUT2D eigenvalue weighted by atomic mass is 16.6. The fourth-order valence-electron chi connectivity index (χ4n) is 15.2. The van der Waals surface area contributed by atoms with Crippen molar-refractivity contribution in [3.8, 4) is 68.0 Å². The first-order valence-electron chi connectivity index (χ1n) is 43.7. The normalized spacial score (nSPS) is 20.9. The van der Waals surface area contributed by atoms with Crippen LogP contribution >= 0.6 is 0 Å². The Morgan fingerprint density at radius 3 is 0.917 bits per heavy atom. The minimum absolute atomic E-state index is 0.0340. The number of nitrogens with zero attached hydrogens (tertiary/aromatic N) is 24. The standard InChI is InChI=1S/C84H110N28O20/c113-76-32-85-72(80(76)117)43-107-39-68(93-101-107)56-1-9-64(10-2-56)129-27-23-121-20-17-105-36-60(90-98-105)47-125-51-84(53-127-49-62-38-111(100-92-62)55-124-26-30-132-67-15-7-59(8-16-67)71-42-110(104-96-71)46-75-83(120)79(116)35-88-75,52-126-48-61-37-106(99-91-61)18-21-122-24-28-130-65-11-3-57(4-12-65)69-40-108(102-94-69)44-73-81(118)77(114)33-86-73)54-128-50-63-31-89-97-112(63)19-22-123-25-29-131-66-13-5-58(6-14-66)70-41-109(103-95-70)45-74-82(119)78(115)34-87-74/h1-16,31,36-42,72-83,85-88,113-120H,17-30,32-35,43-55H2/t72-,73-,74-,75-,76-,77-,78-,79-,80+,81+,82+,83+/m1/s1. The fourth-order valence-corrected chi connectivity index (χ4v) is 15.2. The van der Waals surface area contributed by atoms with E-state index in [2.05, 4.69) is 104 Å². The summed E-state index contributed by atoms with van der Waals surface area (Å²) in [6.45, 7) is 7.48. The molecule has 12 atom stereocenters. The summed E-state index contributed by atoms with van der Waals surface area (Å²) in [5, 5.41) is 162. The Bertz CT molecular complexity index is 5260. The van der Waals surface area contributed by atoms with Crippen molar-refractivity contribution in [1.82, 2.24) is 141 Å². The van der Waals surface area contributed by atoms with Crippen LogP contribution in [0.25, 0.3) is 45.0 Å². The number of nitrogens with one attached hydrogen (secondary N) is 4. The van der Waals surface area contributed by atoms with Crippen molar-refractivity contribution in [2.75, 3.05) is 125 Å². The quantitative estimate of drug-likeness (QED) is 0.0173. The molecular weight excluding hydrogens is 1720 g/mol. The van der Waals surface area contributed by atoms with Crippen LogP contribution < -0.4 is 40.2 Å². The summed E-state index contributed by atoms with van der Waals surface area (Å²) in [5.74, 6) is 2.57. The molecule has 16 rings (SSSR count). The number of aliphatic hydroxyl groups excluding tert-OH is 8. The predicted molar refractivity (Wildman–Crippen MR) is 459 cm³/mol. The molecule has 0 bridgehead atoms. The van der Waals surface area contributed by atoms with Crippen LogP contribution in [-0.4, -0.2) is 359 Å². The lowest BCUT2D eigenvalue weighted by Gasteiger charge is -2.32. The maximum Gasteiger partial charge on any atom is 0.141 e. The van der Waals surface area contributed by atoms with Crippen LogP contribution in [0.15, 0.2) is 147 Å². The van der Waals surface area contributed by atoms with Crippen LogP contribution in [0.5, 0.6) is 23.0 Å². The molecule has 0 saturated carbocycles. The molecule has 48 heteroatoms. The van der Waals surface area contributed by atoms with Crippen molar-refractivity contribution in [3.63, 3.8) is 0 Å². The van der Waals surface area contributed by atoms with E-state index in [1.54, 1.807) is 87.0 Å². The van der Waals surface area contributed by atoms with E-state index in [1.807, 2.05) is 97.1 Å². The Morgan fingerprint density at radius 1 is 0.295 bits per heavy atom. The summed E-state index contributed by atoms with van der Waals surface area (Å²) in [5.41, 5.74) is 7.23. The number of rotatable bonds is 55. The number of aliphatic hydroxyl groups is 8. The van der Waals surface area contributed by atoms with Gasteiger partial charge in [-0.3, -0.25) is 18.7 Å². The van der Waals surface area contributed by atoms with E-state index in [0.29, 0.717) is 180 Å². The second kappa shape index (κ2) is 46.7. The Hall–Kier alpha value is -11.6. The topological polar surface area (TPSA) is 566 Å². The van der Waals surface area contributed by atoms with E-state index in [-0.39, 0.29) is 117 Å². The highest BCUT2D eigenvalue weighted by Gasteiger charge is 2.38.